The molecule has 14 heavy (non-hydrogen) atoms. The zero-order valence-corrected chi connectivity index (χ0v) is 7.32. The number of halogens is 5. The van der Waals surface area contributed by atoms with Crippen LogP contribution in [0.3, 0.4) is 0 Å². The Morgan fingerprint density at radius 2 is 1.43 bits per heavy atom. The van der Waals surface area contributed by atoms with Gasteiger partial charge in [-0.05, 0) is 18.8 Å². The molecule has 1 aliphatic carbocycles. The van der Waals surface area contributed by atoms with Gasteiger partial charge in [0.25, 0.3) is 0 Å². The van der Waals surface area contributed by atoms with Gasteiger partial charge in [-0.3, -0.25) is 0 Å². The quantitative estimate of drug-likeness (QED) is 0.706. The first-order valence-corrected chi connectivity index (χ1v) is 4.39. The summed E-state index contributed by atoms with van der Waals surface area (Å²) in [5.41, 5.74) is 0. The molecule has 84 valence electrons. The van der Waals surface area contributed by atoms with E-state index >= 15 is 0 Å². The average molecular weight is 218 g/mol. The Balaban J connectivity index is 2.70. The highest BCUT2D eigenvalue weighted by Gasteiger charge is 2.63. The highest BCUT2D eigenvalue weighted by molar-refractivity contribution is 4.90. The van der Waals surface area contributed by atoms with Gasteiger partial charge in [-0.25, -0.2) is 0 Å². The van der Waals surface area contributed by atoms with Gasteiger partial charge < -0.3 is 5.11 Å². The third kappa shape index (κ3) is 1.99. The van der Waals surface area contributed by atoms with Gasteiger partial charge in [0, 0.05) is 0 Å². The number of rotatable bonds is 2. The van der Waals surface area contributed by atoms with Crippen LogP contribution < -0.4 is 0 Å². The second-order valence-corrected chi connectivity index (χ2v) is 3.61. The second kappa shape index (κ2) is 3.64. The lowest BCUT2D eigenvalue weighted by atomic mass is 9.95. The summed E-state index contributed by atoms with van der Waals surface area (Å²) in [6, 6.07) is 0. The number of hydrogen-bond acceptors (Lipinski definition) is 1. The van der Waals surface area contributed by atoms with Crippen molar-refractivity contribution in [2.75, 3.05) is 0 Å². The predicted molar refractivity (Wildman–Crippen MR) is 39.0 cm³/mol. The maximum absolute atomic E-state index is 12.6. The molecule has 0 saturated heterocycles. The molecule has 0 aromatic heterocycles. The molecular weight excluding hydrogens is 207 g/mol. The molecule has 1 atom stereocenters. The lowest BCUT2D eigenvalue weighted by molar-refractivity contribution is -0.319. The van der Waals surface area contributed by atoms with Crippen LogP contribution in [0.2, 0.25) is 0 Å². The second-order valence-electron chi connectivity index (χ2n) is 3.61. The van der Waals surface area contributed by atoms with E-state index in [0.717, 1.165) is 0 Å². The Morgan fingerprint density at radius 3 is 1.79 bits per heavy atom. The van der Waals surface area contributed by atoms with Gasteiger partial charge >= 0.3 is 12.1 Å². The van der Waals surface area contributed by atoms with Crippen LogP contribution in [0.5, 0.6) is 0 Å². The van der Waals surface area contributed by atoms with Crippen LogP contribution in [0.25, 0.3) is 0 Å². The van der Waals surface area contributed by atoms with Crippen molar-refractivity contribution in [1.29, 1.82) is 0 Å². The summed E-state index contributed by atoms with van der Waals surface area (Å²) in [6.07, 6.45) is -6.55. The van der Waals surface area contributed by atoms with Crippen molar-refractivity contribution >= 4 is 0 Å². The smallest absolute Gasteiger partial charge is 0.386 e. The fourth-order valence-electron chi connectivity index (χ4n) is 1.74. The number of aliphatic hydroxyl groups excluding tert-OH is 1. The van der Waals surface area contributed by atoms with Gasteiger partial charge in [0.2, 0.25) is 0 Å². The van der Waals surface area contributed by atoms with Gasteiger partial charge in [-0.2, -0.15) is 22.0 Å². The van der Waals surface area contributed by atoms with Gasteiger partial charge in [0.15, 0.2) is 0 Å². The Kier molecular flexibility index (Phi) is 3.04. The highest BCUT2D eigenvalue weighted by atomic mass is 19.4. The van der Waals surface area contributed by atoms with Gasteiger partial charge in [0.1, 0.15) is 6.10 Å². The maximum atomic E-state index is 12.6. The van der Waals surface area contributed by atoms with E-state index in [1.807, 2.05) is 0 Å². The molecule has 1 nitrogen and oxygen atoms in total. The maximum Gasteiger partial charge on any atom is 0.456 e. The Morgan fingerprint density at radius 1 is 1.00 bits per heavy atom. The molecule has 0 spiro atoms. The Hall–Kier alpha value is -0.390. The van der Waals surface area contributed by atoms with E-state index in [2.05, 4.69) is 0 Å². The first kappa shape index (κ1) is 11.7. The Bertz CT molecular complexity index is 194. The molecule has 1 N–H and O–H groups in total. The molecule has 1 aliphatic rings. The largest absolute Gasteiger partial charge is 0.456 e. The third-order valence-corrected chi connectivity index (χ3v) is 2.60. The predicted octanol–water partition coefficient (Wildman–Crippen LogP) is 2.74. The lowest BCUT2D eigenvalue weighted by Crippen LogP contribution is -2.49. The van der Waals surface area contributed by atoms with Gasteiger partial charge in [-0.1, -0.05) is 12.8 Å². The van der Waals surface area contributed by atoms with Crippen molar-refractivity contribution in [3.05, 3.63) is 0 Å². The molecule has 0 radical (unpaired) electrons. The summed E-state index contributed by atoms with van der Waals surface area (Å²) < 4.78 is 60.7. The molecule has 1 fully saturated rings. The summed E-state index contributed by atoms with van der Waals surface area (Å²) in [7, 11) is 0. The molecule has 0 bridgehead atoms. The molecule has 1 saturated carbocycles. The van der Waals surface area contributed by atoms with E-state index in [1.165, 1.54) is 0 Å². The van der Waals surface area contributed by atoms with Gasteiger partial charge in [0.05, 0.1) is 0 Å². The van der Waals surface area contributed by atoms with E-state index in [9.17, 15) is 22.0 Å². The summed E-state index contributed by atoms with van der Waals surface area (Å²) in [6.45, 7) is 0. The molecule has 0 amide bonds. The van der Waals surface area contributed by atoms with Crippen molar-refractivity contribution in [1.82, 2.24) is 0 Å². The van der Waals surface area contributed by atoms with Crippen molar-refractivity contribution in [3.63, 3.8) is 0 Å². The van der Waals surface area contributed by atoms with Crippen LogP contribution >= 0.6 is 0 Å². The van der Waals surface area contributed by atoms with E-state index < -0.39 is 24.1 Å². The Labute approximate surface area is 77.9 Å². The monoisotopic (exact) mass is 218 g/mol. The molecule has 6 heteroatoms. The van der Waals surface area contributed by atoms with Crippen LogP contribution in [-0.2, 0) is 0 Å². The number of alkyl halides is 5. The lowest BCUT2D eigenvalue weighted by Gasteiger charge is -2.28. The van der Waals surface area contributed by atoms with E-state index in [0.29, 0.717) is 12.8 Å². The summed E-state index contributed by atoms with van der Waals surface area (Å²) in [4.78, 5) is 0. The fraction of sp³-hybridized carbons (Fsp3) is 1.00. The zero-order chi connectivity index (χ0) is 11.0. The summed E-state index contributed by atoms with van der Waals surface area (Å²) >= 11 is 0. The SMILES string of the molecule is OC(C1CCCC1)C(F)(F)C(F)(F)F. The topological polar surface area (TPSA) is 20.2 Å². The van der Waals surface area contributed by atoms with Crippen LogP contribution in [0.4, 0.5) is 22.0 Å². The fourth-order valence-corrected chi connectivity index (χ4v) is 1.74. The molecule has 1 rings (SSSR count). The van der Waals surface area contributed by atoms with Crippen molar-refractivity contribution in [3.8, 4) is 0 Å². The first-order chi connectivity index (χ1) is 6.27. The van der Waals surface area contributed by atoms with Crippen LogP contribution in [-0.4, -0.2) is 23.3 Å². The minimum atomic E-state index is -5.66. The molecule has 0 aromatic rings. The van der Waals surface area contributed by atoms with Crippen molar-refractivity contribution < 1.29 is 27.1 Å². The summed E-state index contributed by atoms with van der Waals surface area (Å²) in [5.74, 6) is -5.91. The standard InChI is InChI=1S/C8H11F5O/c9-7(10,8(11,12)13)6(14)5-3-1-2-4-5/h5-6,14H,1-4H2. The van der Waals surface area contributed by atoms with E-state index in [4.69, 9.17) is 5.11 Å². The van der Waals surface area contributed by atoms with Crippen molar-refractivity contribution in [2.24, 2.45) is 5.92 Å². The zero-order valence-electron chi connectivity index (χ0n) is 7.32. The third-order valence-electron chi connectivity index (χ3n) is 2.60. The number of hydrogen-bond donors (Lipinski definition) is 1. The molecule has 0 aliphatic heterocycles. The molecular formula is C8H11F5O. The molecule has 0 aromatic carbocycles. The minimum Gasteiger partial charge on any atom is -0.386 e. The van der Waals surface area contributed by atoms with Gasteiger partial charge in [-0.15, -0.1) is 0 Å². The van der Waals surface area contributed by atoms with E-state index in [-0.39, 0.29) is 12.8 Å². The number of aliphatic hydroxyl groups is 1. The van der Waals surface area contributed by atoms with E-state index in [1.54, 1.807) is 0 Å². The first-order valence-electron chi connectivity index (χ1n) is 4.39. The van der Waals surface area contributed by atoms with Crippen molar-refractivity contribution in [2.45, 2.75) is 43.9 Å². The van der Waals surface area contributed by atoms with Crippen LogP contribution in [0.1, 0.15) is 25.7 Å². The van der Waals surface area contributed by atoms with Crippen LogP contribution in [0, 0.1) is 5.92 Å². The normalized spacial score (nSPS) is 22.7. The molecule has 1 unspecified atom stereocenters. The highest BCUT2D eigenvalue weighted by Crippen LogP contribution is 2.43. The average Bonchev–Trinajstić information content (AvgIpc) is 2.52. The summed E-state index contributed by atoms with van der Waals surface area (Å²) in [5, 5.41) is 8.94. The molecule has 0 heterocycles. The minimum absolute atomic E-state index is 0.243. The van der Waals surface area contributed by atoms with Crippen LogP contribution in [0.15, 0.2) is 0 Å².